The van der Waals surface area contributed by atoms with E-state index < -0.39 is 0 Å². The van der Waals surface area contributed by atoms with Crippen LogP contribution in [0, 0.1) is 12.8 Å². The van der Waals surface area contributed by atoms with Gasteiger partial charge in [-0.3, -0.25) is 0 Å². The molecule has 0 saturated heterocycles. The highest BCUT2D eigenvalue weighted by Gasteiger charge is 2.12. The second-order valence-corrected chi connectivity index (χ2v) is 5.20. The van der Waals surface area contributed by atoms with Crippen LogP contribution in [0.1, 0.15) is 37.4 Å². The minimum Gasteiger partial charge on any atom is -0.323 e. The second-order valence-electron chi connectivity index (χ2n) is 5.20. The van der Waals surface area contributed by atoms with Crippen LogP contribution in [0.5, 0.6) is 0 Å². The Morgan fingerprint density at radius 3 is 2.47 bits per heavy atom. The lowest BCUT2D eigenvalue weighted by Gasteiger charge is -2.24. The molecule has 0 radical (unpaired) electrons. The Labute approximate surface area is 106 Å². The van der Waals surface area contributed by atoms with Crippen molar-refractivity contribution in [1.82, 2.24) is 4.90 Å². The van der Waals surface area contributed by atoms with Gasteiger partial charge < -0.3 is 10.6 Å². The van der Waals surface area contributed by atoms with E-state index in [1.54, 1.807) is 0 Å². The Bertz CT molecular complexity index is 335. The SMILES string of the molecule is CCC(C)CN(C)CC(N)c1ccccc1C. The summed E-state index contributed by atoms with van der Waals surface area (Å²) in [6, 6.07) is 8.51. The van der Waals surface area contributed by atoms with Crippen molar-refractivity contribution in [3.63, 3.8) is 0 Å². The van der Waals surface area contributed by atoms with Crippen LogP contribution in [-0.2, 0) is 0 Å². The van der Waals surface area contributed by atoms with Crippen molar-refractivity contribution < 1.29 is 0 Å². The number of hydrogen-bond donors (Lipinski definition) is 1. The molecule has 96 valence electrons. The minimum atomic E-state index is 0.116. The van der Waals surface area contributed by atoms with Gasteiger partial charge in [0.1, 0.15) is 0 Å². The molecular weight excluding hydrogens is 208 g/mol. The summed E-state index contributed by atoms with van der Waals surface area (Å²) >= 11 is 0. The Hall–Kier alpha value is -0.860. The van der Waals surface area contributed by atoms with Crippen LogP contribution in [0.15, 0.2) is 24.3 Å². The topological polar surface area (TPSA) is 29.3 Å². The van der Waals surface area contributed by atoms with Gasteiger partial charge in [0.25, 0.3) is 0 Å². The molecule has 2 nitrogen and oxygen atoms in total. The average molecular weight is 234 g/mol. The van der Waals surface area contributed by atoms with Crippen LogP contribution < -0.4 is 5.73 Å². The summed E-state index contributed by atoms with van der Waals surface area (Å²) in [6.07, 6.45) is 1.23. The maximum atomic E-state index is 6.27. The summed E-state index contributed by atoms with van der Waals surface area (Å²) in [5.41, 5.74) is 8.83. The van der Waals surface area contributed by atoms with E-state index in [4.69, 9.17) is 5.73 Å². The Balaban J connectivity index is 2.54. The number of aryl methyl sites for hydroxylation is 1. The van der Waals surface area contributed by atoms with E-state index in [0.29, 0.717) is 0 Å². The summed E-state index contributed by atoms with van der Waals surface area (Å²) in [4.78, 5) is 2.34. The smallest absolute Gasteiger partial charge is 0.0426 e. The molecule has 17 heavy (non-hydrogen) atoms. The van der Waals surface area contributed by atoms with Crippen molar-refractivity contribution in [2.24, 2.45) is 11.7 Å². The highest BCUT2D eigenvalue weighted by Crippen LogP contribution is 2.16. The summed E-state index contributed by atoms with van der Waals surface area (Å²) in [5.74, 6) is 0.740. The third kappa shape index (κ3) is 4.49. The summed E-state index contributed by atoms with van der Waals surface area (Å²) in [7, 11) is 2.16. The molecule has 0 aliphatic heterocycles. The molecule has 2 N–H and O–H groups in total. The molecule has 2 atom stereocenters. The Morgan fingerprint density at radius 2 is 1.88 bits per heavy atom. The van der Waals surface area contributed by atoms with Crippen molar-refractivity contribution in [2.45, 2.75) is 33.2 Å². The van der Waals surface area contributed by atoms with Crippen molar-refractivity contribution in [1.29, 1.82) is 0 Å². The molecule has 0 heterocycles. The zero-order valence-corrected chi connectivity index (χ0v) is 11.6. The van der Waals surface area contributed by atoms with Crippen molar-refractivity contribution >= 4 is 0 Å². The molecule has 0 bridgehead atoms. The molecule has 1 aromatic carbocycles. The molecular formula is C15H26N2. The number of benzene rings is 1. The minimum absolute atomic E-state index is 0.116. The molecule has 0 saturated carbocycles. The standard InChI is InChI=1S/C15H26N2/c1-5-12(2)10-17(4)11-15(16)14-9-7-6-8-13(14)3/h6-9,12,15H,5,10-11,16H2,1-4H3. The van der Waals surface area contributed by atoms with Crippen LogP contribution in [0.25, 0.3) is 0 Å². The van der Waals surface area contributed by atoms with Crippen LogP contribution in [0.4, 0.5) is 0 Å². The highest BCUT2D eigenvalue weighted by atomic mass is 15.1. The van der Waals surface area contributed by atoms with Crippen LogP contribution in [-0.4, -0.2) is 25.0 Å². The predicted molar refractivity (Wildman–Crippen MR) is 75.1 cm³/mol. The third-order valence-electron chi connectivity index (χ3n) is 3.42. The van der Waals surface area contributed by atoms with Gasteiger partial charge in [0.05, 0.1) is 0 Å². The number of nitrogens with two attached hydrogens (primary N) is 1. The summed E-state index contributed by atoms with van der Waals surface area (Å²) in [5, 5.41) is 0. The lowest BCUT2D eigenvalue weighted by Crippen LogP contribution is -2.32. The van der Waals surface area contributed by atoms with E-state index >= 15 is 0 Å². The van der Waals surface area contributed by atoms with Gasteiger partial charge in [0.2, 0.25) is 0 Å². The fourth-order valence-electron chi connectivity index (χ4n) is 2.17. The number of likely N-dealkylation sites (N-methyl/N-ethyl adjacent to an activating group) is 1. The Kier molecular flexibility index (Phi) is 5.66. The van der Waals surface area contributed by atoms with Gasteiger partial charge in [-0.1, -0.05) is 44.5 Å². The first kappa shape index (κ1) is 14.2. The first-order valence-corrected chi connectivity index (χ1v) is 6.54. The number of hydrogen-bond acceptors (Lipinski definition) is 2. The molecule has 0 spiro atoms. The van der Waals surface area contributed by atoms with E-state index in [0.717, 1.165) is 19.0 Å². The predicted octanol–water partition coefficient (Wildman–Crippen LogP) is 2.97. The maximum Gasteiger partial charge on any atom is 0.0426 e. The average Bonchev–Trinajstić information content (AvgIpc) is 2.29. The largest absolute Gasteiger partial charge is 0.323 e. The first-order chi connectivity index (χ1) is 8.04. The lowest BCUT2D eigenvalue weighted by atomic mass is 10.0. The van der Waals surface area contributed by atoms with E-state index in [9.17, 15) is 0 Å². The highest BCUT2D eigenvalue weighted by molar-refractivity contribution is 5.28. The Morgan fingerprint density at radius 1 is 1.24 bits per heavy atom. The molecule has 0 fully saturated rings. The molecule has 1 aromatic rings. The van der Waals surface area contributed by atoms with Gasteiger partial charge in [0, 0.05) is 19.1 Å². The van der Waals surface area contributed by atoms with E-state index in [1.165, 1.54) is 17.5 Å². The number of nitrogens with zero attached hydrogens (tertiary/aromatic N) is 1. The van der Waals surface area contributed by atoms with Crippen LogP contribution >= 0.6 is 0 Å². The second kappa shape index (κ2) is 6.77. The van der Waals surface area contributed by atoms with E-state index in [2.05, 4.69) is 57.0 Å². The van der Waals surface area contributed by atoms with Gasteiger partial charge in [-0.25, -0.2) is 0 Å². The maximum absolute atomic E-state index is 6.27. The summed E-state index contributed by atoms with van der Waals surface area (Å²) < 4.78 is 0. The molecule has 1 rings (SSSR count). The van der Waals surface area contributed by atoms with Gasteiger partial charge in [-0.15, -0.1) is 0 Å². The van der Waals surface area contributed by atoms with E-state index in [-0.39, 0.29) is 6.04 Å². The molecule has 0 amide bonds. The molecule has 2 unspecified atom stereocenters. The zero-order valence-electron chi connectivity index (χ0n) is 11.6. The van der Waals surface area contributed by atoms with Gasteiger partial charge in [0.15, 0.2) is 0 Å². The monoisotopic (exact) mass is 234 g/mol. The van der Waals surface area contributed by atoms with Crippen LogP contribution in [0.2, 0.25) is 0 Å². The van der Waals surface area contributed by atoms with Gasteiger partial charge >= 0.3 is 0 Å². The molecule has 0 aliphatic carbocycles. The zero-order chi connectivity index (χ0) is 12.8. The quantitative estimate of drug-likeness (QED) is 0.820. The third-order valence-corrected chi connectivity index (χ3v) is 3.42. The lowest BCUT2D eigenvalue weighted by molar-refractivity contribution is 0.267. The van der Waals surface area contributed by atoms with Crippen molar-refractivity contribution in [2.75, 3.05) is 20.1 Å². The van der Waals surface area contributed by atoms with Gasteiger partial charge in [-0.2, -0.15) is 0 Å². The molecule has 0 aromatic heterocycles. The summed E-state index contributed by atoms with van der Waals surface area (Å²) in [6.45, 7) is 8.70. The van der Waals surface area contributed by atoms with Crippen molar-refractivity contribution in [3.05, 3.63) is 35.4 Å². The number of rotatable bonds is 6. The van der Waals surface area contributed by atoms with Crippen molar-refractivity contribution in [3.8, 4) is 0 Å². The molecule has 2 heteroatoms. The molecule has 0 aliphatic rings. The van der Waals surface area contributed by atoms with Crippen LogP contribution in [0.3, 0.4) is 0 Å². The fourth-order valence-corrected chi connectivity index (χ4v) is 2.17. The van der Waals surface area contributed by atoms with E-state index in [1.807, 2.05) is 0 Å². The normalized spacial score (nSPS) is 14.9. The fraction of sp³-hybridized carbons (Fsp3) is 0.600. The first-order valence-electron chi connectivity index (χ1n) is 6.54. The van der Waals surface area contributed by atoms with Gasteiger partial charge in [-0.05, 0) is 31.0 Å².